The summed E-state index contributed by atoms with van der Waals surface area (Å²) in [6.45, 7) is 0. The minimum atomic E-state index is -1.85. The summed E-state index contributed by atoms with van der Waals surface area (Å²) < 4.78 is 2.89. The van der Waals surface area contributed by atoms with Gasteiger partial charge in [0.05, 0.1) is 24.8 Å². The molecule has 0 radical (unpaired) electrons. The lowest BCUT2D eigenvalue weighted by Crippen LogP contribution is -2.49. The van der Waals surface area contributed by atoms with E-state index in [2.05, 4.69) is 10.6 Å². The highest BCUT2D eigenvalue weighted by Gasteiger charge is 2.34. The lowest BCUT2D eigenvalue weighted by Gasteiger charge is -2.28. The number of nitrogens with one attached hydrogen (secondary N) is 2. The first-order valence-electron chi connectivity index (χ1n) is 7.65. The van der Waals surface area contributed by atoms with Crippen molar-refractivity contribution in [2.75, 3.05) is 12.4 Å². The molecule has 2 rings (SSSR count). The Morgan fingerprint density at radius 3 is 2.27 bits per heavy atom. The smallest absolute Gasteiger partial charge is 0.339 e. The van der Waals surface area contributed by atoms with Gasteiger partial charge in [-0.25, -0.2) is 4.79 Å². The first-order chi connectivity index (χ1) is 12.3. The number of para-hydroxylation sites is 1. The van der Waals surface area contributed by atoms with E-state index >= 15 is 0 Å². The van der Waals surface area contributed by atoms with Crippen LogP contribution in [0.25, 0.3) is 0 Å². The van der Waals surface area contributed by atoms with Crippen LogP contribution in [-0.4, -0.2) is 28.9 Å². The average molecular weight is 416 g/mol. The second-order valence-corrected chi connectivity index (χ2v) is 7.75. The van der Waals surface area contributed by atoms with Crippen LogP contribution in [0.15, 0.2) is 54.6 Å². The molecule has 0 aliphatic rings. The number of halogens is 3. The Morgan fingerprint density at radius 1 is 1.04 bits per heavy atom. The molecule has 0 saturated heterocycles. The number of alkyl halides is 3. The number of anilines is 1. The van der Waals surface area contributed by atoms with E-state index in [1.54, 1.807) is 24.3 Å². The van der Waals surface area contributed by atoms with Gasteiger partial charge in [0.15, 0.2) is 0 Å². The van der Waals surface area contributed by atoms with Crippen molar-refractivity contribution in [3.63, 3.8) is 0 Å². The third-order valence-corrected chi connectivity index (χ3v) is 4.13. The molecule has 0 aliphatic heterocycles. The van der Waals surface area contributed by atoms with Gasteiger partial charge in [-0.2, -0.15) is 0 Å². The van der Waals surface area contributed by atoms with Gasteiger partial charge in [-0.1, -0.05) is 77.3 Å². The van der Waals surface area contributed by atoms with Gasteiger partial charge in [0.1, 0.15) is 6.17 Å². The maximum atomic E-state index is 12.3. The van der Waals surface area contributed by atoms with Gasteiger partial charge in [0.25, 0.3) is 0 Å². The van der Waals surface area contributed by atoms with Crippen LogP contribution in [0.3, 0.4) is 0 Å². The Balaban J connectivity index is 2.16. The molecule has 1 amide bonds. The maximum absolute atomic E-state index is 12.3. The Bertz CT molecular complexity index is 764. The van der Waals surface area contributed by atoms with E-state index in [4.69, 9.17) is 39.5 Å². The van der Waals surface area contributed by atoms with E-state index in [-0.39, 0.29) is 17.9 Å². The lowest BCUT2D eigenvalue weighted by molar-refractivity contribution is -0.120. The molecule has 0 saturated carbocycles. The molecule has 8 heteroatoms. The molecule has 0 bridgehead atoms. The van der Waals surface area contributed by atoms with Gasteiger partial charge >= 0.3 is 5.97 Å². The number of carbonyl (C=O) groups excluding carboxylic acids is 2. The summed E-state index contributed by atoms with van der Waals surface area (Å²) in [5, 5.41) is 5.53. The molecule has 0 aliphatic carbocycles. The highest BCUT2D eigenvalue weighted by Crippen LogP contribution is 2.32. The SMILES string of the molecule is COC(=O)c1ccccc1NC(NC(=O)Cc1ccccc1)C(Cl)(Cl)Cl. The van der Waals surface area contributed by atoms with E-state index in [0.717, 1.165) is 5.56 Å². The Morgan fingerprint density at radius 2 is 1.65 bits per heavy atom. The van der Waals surface area contributed by atoms with Crippen LogP contribution in [0.4, 0.5) is 5.69 Å². The van der Waals surface area contributed by atoms with E-state index < -0.39 is 15.9 Å². The van der Waals surface area contributed by atoms with Crippen LogP contribution >= 0.6 is 34.8 Å². The van der Waals surface area contributed by atoms with Crippen molar-refractivity contribution in [2.45, 2.75) is 16.4 Å². The molecular formula is C18H17Cl3N2O3. The van der Waals surface area contributed by atoms with Crippen LogP contribution in [0.1, 0.15) is 15.9 Å². The molecular weight excluding hydrogens is 399 g/mol. The molecule has 0 spiro atoms. The van der Waals surface area contributed by atoms with Crippen molar-refractivity contribution < 1.29 is 14.3 Å². The van der Waals surface area contributed by atoms with Crippen molar-refractivity contribution in [1.82, 2.24) is 5.32 Å². The Hall–Kier alpha value is -1.95. The molecule has 2 N–H and O–H groups in total. The number of amides is 1. The molecule has 2 aromatic rings. The van der Waals surface area contributed by atoms with E-state index in [0.29, 0.717) is 5.69 Å². The maximum Gasteiger partial charge on any atom is 0.339 e. The van der Waals surface area contributed by atoms with Crippen LogP contribution in [0.2, 0.25) is 0 Å². The largest absolute Gasteiger partial charge is 0.465 e. The zero-order chi connectivity index (χ0) is 19.2. The fourth-order valence-electron chi connectivity index (χ4n) is 2.25. The molecule has 0 fully saturated rings. The van der Waals surface area contributed by atoms with Crippen molar-refractivity contribution in [2.24, 2.45) is 0 Å². The van der Waals surface area contributed by atoms with E-state index in [9.17, 15) is 9.59 Å². The first kappa shape index (κ1) is 20.4. The van der Waals surface area contributed by atoms with Crippen molar-refractivity contribution in [1.29, 1.82) is 0 Å². The van der Waals surface area contributed by atoms with E-state index in [1.807, 2.05) is 30.3 Å². The molecule has 5 nitrogen and oxygen atoms in total. The quantitative estimate of drug-likeness (QED) is 0.426. The van der Waals surface area contributed by atoms with Crippen molar-refractivity contribution in [3.8, 4) is 0 Å². The minimum absolute atomic E-state index is 0.123. The second-order valence-electron chi connectivity index (χ2n) is 5.39. The minimum Gasteiger partial charge on any atom is -0.465 e. The normalized spacial score (nSPS) is 12.2. The van der Waals surface area contributed by atoms with Crippen LogP contribution < -0.4 is 10.6 Å². The van der Waals surface area contributed by atoms with E-state index in [1.165, 1.54) is 7.11 Å². The lowest BCUT2D eigenvalue weighted by atomic mass is 10.1. The van der Waals surface area contributed by atoms with Gasteiger partial charge in [-0.15, -0.1) is 0 Å². The van der Waals surface area contributed by atoms with Crippen LogP contribution in [0.5, 0.6) is 0 Å². The summed E-state index contributed by atoms with van der Waals surface area (Å²) in [7, 11) is 1.27. The average Bonchev–Trinajstić information content (AvgIpc) is 2.61. The summed E-state index contributed by atoms with van der Waals surface area (Å²) in [5.41, 5.74) is 1.45. The summed E-state index contributed by atoms with van der Waals surface area (Å²) in [4.78, 5) is 24.2. The number of ether oxygens (including phenoxy) is 1. The third-order valence-electron chi connectivity index (χ3n) is 3.47. The highest BCUT2D eigenvalue weighted by molar-refractivity contribution is 6.68. The number of hydrogen-bond donors (Lipinski definition) is 2. The topological polar surface area (TPSA) is 67.4 Å². The van der Waals surface area contributed by atoms with Crippen LogP contribution in [-0.2, 0) is 16.0 Å². The van der Waals surface area contributed by atoms with Gasteiger partial charge < -0.3 is 15.4 Å². The standard InChI is InChI=1S/C18H17Cl3N2O3/c1-26-16(25)13-9-5-6-10-14(13)22-17(18(19,20)21)23-15(24)11-12-7-3-2-4-8-12/h2-10,17,22H,11H2,1H3,(H,23,24). The predicted molar refractivity (Wildman–Crippen MR) is 104 cm³/mol. The number of hydrogen-bond acceptors (Lipinski definition) is 4. The predicted octanol–water partition coefficient (Wildman–Crippen LogP) is 3.94. The molecule has 26 heavy (non-hydrogen) atoms. The zero-order valence-corrected chi connectivity index (χ0v) is 16.1. The molecule has 2 aromatic carbocycles. The summed E-state index contributed by atoms with van der Waals surface area (Å²) in [6.07, 6.45) is -0.937. The first-order valence-corrected chi connectivity index (χ1v) is 8.78. The third kappa shape index (κ3) is 5.80. The number of esters is 1. The summed E-state index contributed by atoms with van der Waals surface area (Å²) >= 11 is 18.0. The molecule has 0 aromatic heterocycles. The van der Waals surface area contributed by atoms with Gasteiger partial charge in [-0.05, 0) is 17.7 Å². The summed E-state index contributed by atoms with van der Waals surface area (Å²) in [6, 6.07) is 15.7. The fraction of sp³-hybridized carbons (Fsp3) is 0.222. The number of rotatable bonds is 6. The number of methoxy groups -OCH3 is 1. The Kier molecular flexibility index (Phi) is 7.14. The second kappa shape index (κ2) is 9.12. The van der Waals surface area contributed by atoms with Crippen LogP contribution in [0, 0.1) is 0 Å². The molecule has 1 unspecified atom stereocenters. The molecule has 1 atom stereocenters. The summed E-state index contributed by atoms with van der Waals surface area (Å²) in [5.74, 6) is -0.887. The van der Waals surface area contributed by atoms with Crippen molar-refractivity contribution in [3.05, 3.63) is 65.7 Å². The molecule has 0 heterocycles. The van der Waals surface area contributed by atoms with Gasteiger partial charge in [0.2, 0.25) is 9.70 Å². The van der Waals surface area contributed by atoms with Crippen molar-refractivity contribution >= 4 is 52.4 Å². The number of benzene rings is 2. The monoisotopic (exact) mass is 414 g/mol. The Labute approximate surface area is 166 Å². The van der Waals surface area contributed by atoms with Gasteiger partial charge in [-0.3, -0.25) is 4.79 Å². The van der Waals surface area contributed by atoms with Gasteiger partial charge in [0, 0.05) is 0 Å². The number of carbonyl (C=O) groups is 2. The zero-order valence-electron chi connectivity index (χ0n) is 13.8. The fourth-order valence-corrected chi connectivity index (χ4v) is 2.57. The highest BCUT2D eigenvalue weighted by atomic mass is 35.6. The molecule has 138 valence electrons.